The second-order valence-electron chi connectivity index (χ2n) is 8.60. The standard InChI is InChI=1S/C26H19ClFN3O9S2/c1-14-3-6-17(12-20(14)31(35)36)42(37,38)40-21-8-4-15(9-22(21)39-2)10-23-25(33)30(26(34)41-23)13-24(32)29-16-5-7-19(28)18(27)11-16/h3-12H,13H2,1-2H3,(H,29,32)/b23-10-. The third-order valence-electron chi connectivity index (χ3n) is 5.73. The van der Waals surface area contributed by atoms with Gasteiger partial charge in [0.2, 0.25) is 5.91 Å². The van der Waals surface area contributed by atoms with Crippen LogP contribution in [0.5, 0.6) is 11.5 Å². The molecular weight excluding hydrogens is 617 g/mol. The zero-order valence-corrected chi connectivity index (χ0v) is 24.0. The third kappa shape index (κ3) is 6.70. The summed E-state index contributed by atoms with van der Waals surface area (Å²) in [5, 5.41) is 12.7. The average Bonchev–Trinajstić information content (AvgIpc) is 3.18. The summed E-state index contributed by atoms with van der Waals surface area (Å²) in [7, 11) is -3.24. The zero-order chi connectivity index (χ0) is 30.8. The number of halogens is 2. The topological polar surface area (TPSA) is 162 Å². The highest BCUT2D eigenvalue weighted by molar-refractivity contribution is 8.18. The van der Waals surface area contributed by atoms with Gasteiger partial charge in [0.05, 0.1) is 22.0 Å². The number of imide groups is 1. The minimum Gasteiger partial charge on any atom is -0.493 e. The number of nitro groups is 1. The number of methoxy groups -OCH3 is 1. The van der Waals surface area contributed by atoms with Gasteiger partial charge in [0.15, 0.2) is 11.5 Å². The van der Waals surface area contributed by atoms with E-state index >= 15 is 0 Å². The van der Waals surface area contributed by atoms with Crippen molar-refractivity contribution in [2.24, 2.45) is 0 Å². The Kier molecular flexibility index (Phi) is 8.84. The minimum absolute atomic E-state index is 0.0204. The number of hydrogen-bond donors (Lipinski definition) is 1. The number of hydrogen-bond acceptors (Lipinski definition) is 10. The number of amides is 3. The fourth-order valence-corrected chi connectivity index (χ4v) is 5.64. The third-order valence-corrected chi connectivity index (χ3v) is 8.16. The Balaban J connectivity index is 1.50. The summed E-state index contributed by atoms with van der Waals surface area (Å²) in [5.74, 6) is -2.43. The number of rotatable bonds is 9. The lowest BCUT2D eigenvalue weighted by molar-refractivity contribution is -0.385. The molecule has 1 aliphatic heterocycles. The SMILES string of the molecule is COc1cc(/C=C2\SC(=O)N(CC(=O)Nc3ccc(F)c(Cl)c3)C2=O)ccc1OS(=O)(=O)c1ccc(C)c([N+](=O)[O-])c1. The molecule has 16 heteroatoms. The van der Waals surface area contributed by atoms with Crippen molar-refractivity contribution in [2.75, 3.05) is 19.0 Å². The van der Waals surface area contributed by atoms with Gasteiger partial charge in [-0.15, -0.1) is 0 Å². The first-order chi connectivity index (χ1) is 19.8. The van der Waals surface area contributed by atoms with Crippen LogP contribution in [0.25, 0.3) is 6.08 Å². The predicted molar refractivity (Wildman–Crippen MR) is 151 cm³/mol. The summed E-state index contributed by atoms with van der Waals surface area (Å²) in [4.78, 5) is 48.5. The molecule has 42 heavy (non-hydrogen) atoms. The molecule has 1 saturated heterocycles. The van der Waals surface area contributed by atoms with E-state index < -0.39 is 55.0 Å². The second-order valence-corrected chi connectivity index (χ2v) is 11.5. The summed E-state index contributed by atoms with van der Waals surface area (Å²) >= 11 is 6.28. The maximum absolute atomic E-state index is 13.3. The zero-order valence-electron chi connectivity index (χ0n) is 21.6. The predicted octanol–water partition coefficient (Wildman–Crippen LogP) is 5.15. The van der Waals surface area contributed by atoms with Crippen molar-refractivity contribution in [2.45, 2.75) is 11.8 Å². The first kappa shape index (κ1) is 30.5. The van der Waals surface area contributed by atoms with E-state index in [9.17, 15) is 37.3 Å². The Morgan fingerprint density at radius 3 is 2.55 bits per heavy atom. The molecule has 12 nitrogen and oxygen atoms in total. The summed E-state index contributed by atoms with van der Waals surface area (Å²) < 4.78 is 49.4. The summed E-state index contributed by atoms with van der Waals surface area (Å²) in [5.41, 5.74) is 0.376. The van der Waals surface area contributed by atoms with Crippen LogP contribution in [0.2, 0.25) is 5.02 Å². The summed E-state index contributed by atoms with van der Waals surface area (Å²) in [6, 6.07) is 10.8. The van der Waals surface area contributed by atoms with E-state index in [0.29, 0.717) is 17.3 Å². The number of ether oxygens (including phenoxy) is 1. The lowest BCUT2D eigenvalue weighted by Crippen LogP contribution is -2.36. The van der Waals surface area contributed by atoms with Gasteiger partial charge < -0.3 is 14.2 Å². The molecule has 1 aliphatic rings. The minimum atomic E-state index is -4.49. The van der Waals surface area contributed by atoms with E-state index in [1.807, 2.05) is 0 Å². The van der Waals surface area contributed by atoms with Crippen molar-refractivity contribution in [1.82, 2.24) is 4.90 Å². The van der Waals surface area contributed by atoms with Gasteiger partial charge in [-0.05, 0) is 66.7 Å². The second kappa shape index (κ2) is 12.2. The van der Waals surface area contributed by atoms with Crippen LogP contribution in [0.1, 0.15) is 11.1 Å². The number of thioether (sulfide) groups is 1. The van der Waals surface area contributed by atoms with Gasteiger partial charge in [-0.2, -0.15) is 8.42 Å². The molecule has 0 aliphatic carbocycles. The van der Waals surface area contributed by atoms with Gasteiger partial charge in [0.1, 0.15) is 17.3 Å². The monoisotopic (exact) mass is 635 g/mol. The van der Waals surface area contributed by atoms with E-state index in [1.54, 1.807) is 0 Å². The molecule has 1 N–H and O–H groups in total. The van der Waals surface area contributed by atoms with Crippen LogP contribution in [0, 0.1) is 22.9 Å². The number of nitrogens with zero attached hydrogens (tertiary/aromatic N) is 2. The van der Waals surface area contributed by atoms with E-state index in [-0.39, 0.29) is 32.7 Å². The van der Waals surface area contributed by atoms with Gasteiger partial charge in [-0.3, -0.25) is 29.4 Å². The number of carbonyl (C=O) groups excluding carboxylic acids is 3. The molecule has 1 heterocycles. The number of nitrogens with one attached hydrogen (secondary N) is 1. The van der Waals surface area contributed by atoms with Crippen LogP contribution >= 0.6 is 23.4 Å². The van der Waals surface area contributed by atoms with E-state index in [1.165, 1.54) is 62.6 Å². The van der Waals surface area contributed by atoms with Crippen molar-refractivity contribution in [3.8, 4) is 11.5 Å². The lowest BCUT2D eigenvalue weighted by Gasteiger charge is -2.13. The number of carbonyl (C=O) groups is 3. The van der Waals surface area contributed by atoms with Crippen molar-refractivity contribution < 1.29 is 41.0 Å². The highest BCUT2D eigenvalue weighted by Crippen LogP contribution is 2.36. The maximum Gasteiger partial charge on any atom is 0.339 e. The quantitative estimate of drug-likeness (QED) is 0.144. The first-order valence-corrected chi connectivity index (χ1v) is 14.3. The molecule has 0 unspecified atom stereocenters. The fourth-order valence-electron chi connectivity index (χ4n) is 3.66. The van der Waals surface area contributed by atoms with Gasteiger partial charge in [-0.1, -0.05) is 23.7 Å². The Morgan fingerprint density at radius 1 is 1.14 bits per heavy atom. The van der Waals surface area contributed by atoms with Crippen LogP contribution in [0.15, 0.2) is 64.4 Å². The number of benzene rings is 3. The lowest BCUT2D eigenvalue weighted by atomic mass is 10.2. The molecule has 3 aromatic rings. The molecule has 218 valence electrons. The molecule has 0 radical (unpaired) electrons. The van der Waals surface area contributed by atoms with Gasteiger partial charge in [0, 0.05) is 17.3 Å². The maximum atomic E-state index is 13.3. The molecular formula is C26H19ClFN3O9S2. The summed E-state index contributed by atoms with van der Waals surface area (Å²) in [6.45, 7) is 0.854. The molecule has 1 fully saturated rings. The van der Waals surface area contributed by atoms with Crippen LogP contribution in [-0.4, -0.2) is 48.9 Å². The molecule has 0 bridgehead atoms. The molecule has 0 aromatic heterocycles. The molecule has 0 spiro atoms. The van der Waals surface area contributed by atoms with Crippen molar-refractivity contribution >= 4 is 68.0 Å². The fraction of sp³-hybridized carbons (Fsp3) is 0.115. The first-order valence-electron chi connectivity index (χ1n) is 11.7. The molecule has 3 amide bonds. The Morgan fingerprint density at radius 2 is 1.88 bits per heavy atom. The Hall–Kier alpha value is -4.47. The highest BCUT2D eigenvalue weighted by Gasteiger charge is 2.36. The average molecular weight is 636 g/mol. The van der Waals surface area contributed by atoms with E-state index in [0.717, 1.165) is 17.0 Å². The van der Waals surface area contributed by atoms with Crippen molar-refractivity contribution in [3.05, 3.63) is 91.6 Å². The van der Waals surface area contributed by atoms with Gasteiger partial charge >= 0.3 is 10.1 Å². The van der Waals surface area contributed by atoms with Gasteiger partial charge in [0.25, 0.3) is 16.8 Å². The summed E-state index contributed by atoms with van der Waals surface area (Å²) in [6.07, 6.45) is 1.34. The molecule has 4 rings (SSSR count). The number of aryl methyl sites for hydroxylation is 1. The van der Waals surface area contributed by atoms with Crippen molar-refractivity contribution in [1.29, 1.82) is 0 Å². The highest BCUT2D eigenvalue weighted by atomic mass is 35.5. The largest absolute Gasteiger partial charge is 0.493 e. The van der Waals surface area contributed by atoms with Crippen LogP contribution in [0.4, 0.5) is 20.6 Å². The Labute approximate surface area is 247 Å². The Bertz CT molecular complexity index is 1780. The molecule has 0 saturated carbocycles. The molecule has 0 atom stereocenters. The van der Waals surface area contributed by atoms with Crippen LogP contribution < -0.4 is 14.2 Å². The van der Waals surface area contributed by atoms with E-state index in [4.69, 9.17) is 20.5 Å². The van der Waals surface area contributed by atoms with Crippen molar-refractivity contribution in [3.63, 3.8) is 0 Å². The normalized spacial score (nSPS) is 14.3. The number of anilines is 1. The van der Waals surface area contributed by atoms with Crippen LogP contribution in [0.3, 0.4) is 0 Å². The van der Waals surface area contributed by atoms with E-state index in [2.05, 4.69) is 5.32 Å². The number of nitro benzene ring substituents is 1. The van der Waals surface area contributed by atoms with Crippen LogP contribution in [-0.2, 0) is 19.7 Å². The smallest absolute Gasteiger partial charge is 0.339 e. The van der Waals surface area contributed by atoms with Gasteiger partial charge in [-0.25, -0.2) is 4.39 Å². The molecule has 3 aromatic carbocycles.